The normalized spacial score (nSPS) is 23.4. The van der Waals surface area contributed by atoms with Crippen molar-refractivity contribution in [3.63, 3.8) is 0 Å². The van der Waals surface area contributed by atoms with E-state index in [0.29, 0.717) is 5.56 Å². The van der Waals surface area contributed by atoms with Gasteiger partial charge in [-0.1, -0.05) is 26.3 Å². The summed E-state index contributed by atoms with van der Waals surface area (Å²) in [5, 5.41) is 2.99. The number of rotatable bonds is 5. The van der Waals surface area contributed by atoms with Gasteiger partial charge in [0.2, 0.25) is 5.91 Å². The van der Waals surface area contributed by atoms with E-state index in [1.807, 2.05) is 25.8 Å². The lowest BCUT2D eigenvalue weighted by Crippen LogP contribution is -2.49. The van der Waals surface area contributed by atoms with E-state index >= 15 is 0 Å². The molecule has 24 heavy (non-hydrogen) atoms. The number of hydrogen-bond donors (Lipinski definition) is 2. The Morgan fingerprint density at radius 2 is 2.08 bits per heavy atom. The van der Waals surface area contributed by atoms with Gasteiger partial charge in [-0.25, -0.2) is 8.78 Å². The number of nitrogens with one attached hydrogen (secondary N) is 1. The number of amides is 1. The molecule has 1 aliphatic heterocycles. The molecule has 1 aromatic rings. The monoisotopic (exact) mass is 361 g/mol. The van der Waals surface area contributed by atoms with Crippen molar-refractivity contribution in [2.75, 3.05) is 13.6 Å². The molecule has 0 saturated carbocycles. The minimum Gasteiger partial charge on any atom is -0.350 e. The SMILES string of the molecule is CCC(C)C(N)C(=O)NC1CCN(C)C1c1ccc(F)c(F)c1.Cl. The van der Waals surface area contributed by atoms with Gasteiger partial charge in [0.15, 0.2) is 11.6 Å². The van der Waals surface area contributed by atoms with E-state index < -0.39 is 17.7 Å². The molecule has 4 atom stereocenters. The fourth-order valence-corrected chi connectivity index (χ4v) is 3.07. The molecule has 1 aliphatic rings. The van der Waals surface area contributed by atoms with Gasteiger partial charge >= 0.3 is 0 Å². The van der Waals surface area contributed by atoms with Gasteiger partial charge in [0.05, 0.1) is 12.1 Å². The van der Waals surface area contributed by atoms with Crippen LogP contribution >= 0.6 is 12.4 Å². The summed E-state index contributed by atoms with van der Waals surface area (Å²) in [5.41, 5.74) is 6.64. The summed E-state index contributed by atoms with van der Waals surface area (Å²) in [6.45, 7) is 4.70. The molecule has 0 spiro atoms. The molecule has 1 heterocycles. The first-order valence-corrected chi connectivity index (χ1v) is 8.06. The second kappa shape index (κ2) is 8.74. The Hall–Kier alpha value is -1.24. The maximum Gasteiger partial charge on any atom is 0.237 e. The van der Waals surface area contributed by atoms with Crippen molar-refractivity contribution >= 4 is 18.3 Å². The minimum atomic E-state index is -0.871. The van der Waals surface area contributed by atoms with Crippen molar-refractivity contribution < 1.29 is 13.6 Å². The molecule has 1 saturated heterocycles. The first kappa shape index (κ1) is 20.8. The summed E-state index contributed by atoms with van der Waals surface area (Å²) in [6.07, 6.45) is 1.57. The fourth-order valence-electron chi connectivity index (χ4n) is 3.07. The third-order valence-corrected chi connectivity index (χ3v) is 4.82. The van der Waals surface area contributed by atoms with Crippen LogP contribution in [-0.2, 0) is 4.79 Å². The molecule has 0 aromatic heterocycles. The van der Waals surface area contributed by atoms with Crippen LogP contribution in [0.15, 0.2) is 18.2 Å². The molecular weight excluding hydrogens is 336 g/mol. The summed E-state index contributed by atoms with van der Waals surface area (Å²) < 4.78 is 26.7. The Bertz CT molecular complexity index is 573. The summed E-state index contributed by atoms with van der Waals surface area (Å²) in [6, 6.07) is 3.00. The highest BCUT2D eigenvalue weighted by molar-refractivity contribution is 5.85. The zero-order valence-corrected chi connectivity index (χ0v) is 15.1. The van der Waals surface area contributed by atoms with Crippen molar-refractivity contribution in [1.82, 2.24) is 10.2 Å². The third kappa shape index (κ3) is 4.43. The van der Waals surface area contributed by atoms with Gasteiger partial charge in [-0.3, -0.25) is 9.69 Å². The molecule has 7 heteroatoms. The Kier molecular flexibility index (Phi) is 7.57. The molecule has 1 fully saturated rings. The smallest absolute Gasteiger partial charge is 0.237 e. The van der Waals surface area contributed by atoms with E-state index in [-0.39, 0.29) is 36.3 Å². The lowest BCUT2D eigenvalue weighted by Gasteiger charge is -2.28. The highest BCUT2D eigenvalue weighted by Gasteiger charge is 2.35. The van der Waals surface area contributed by atoms with Gasteiger partial charge < -0.3 is 11.1 Å². The summed E-state index contributed by atoms with van der Waals surface area (Å²) >= 11 is 0. The summed E-state index contributed by atoms with van der Waals surface area (Å²) in [5.74, 6) is -1.83. The molecule has 4 unspecified atom stereocenters. The standard InChI is InChI=1S/C17H25F2N3O.ClH/c1-4-10(2)15(20)17(23)21-14-7-8-22(3)16(14)11-5-6-12(18)13(19)9-11;/h5-6,9-10,14-16H,4,7-8,20H2,1-3H3,(H,21,23);1H. The predicted octanol–water partition coefficient (Wildman–Crippen LogP) is 2.62. The van der Waals surface area contributed by atoms with E-state index in [4.69, 9.17) is 5.73 Å². The average Bonchev–Trinajstić information content (AvgIpc) is 2.89. The van der Waals surface area contributed by atoms with Crippen LogP contribution in [0.25, 0.3) is 0 Å². The van der Waals surface area contributed by atoms with E-state index in [1.54, 1.807) is 6.07 Å². The van der Waals surface area contributed by atoms with Gasteiger partial charge in [-0.15, -0.1) is 12.4 Å². The highest BCUT2D eigenvalue weighted by atomic mass is 35.5. The molecule has 0 bridgehead atoms. The van der Waals surface area contributed by atoms with Crippen LogP contribution in [-0.4, -0.2) is 36.5 Å². The topological polar surface area (TPSA) is 58.4 Å². The average molecular weight is 362 g/mol. The van der Waals surface area contributed by atoms with Gasteiger partial charge in [-0.05, 0) is 37.1 Å². The zero-order valence-electron chi connectivity index (χ0n) is 14.3. The van der Waals surface area contributed by atoms with Gasteiger partial charge in [0.25, 0.3) is 0 Å². The van der Waals surface area contributed by atoms with Crippen molar-refractivity contribution in [3.05, 3.63) is 35.4 Å². The predicted molar refractivity (Wildman–Crippen MR) is 93.0 cm³/mol. The molecule has 2 rings (SSSR count). The van der Waals surface area contributed by atoms with E-state index in [0.717, 1.165) is 25.5 Å². The highest BCUT2D eigenvalue weighted by Crippen LogP contribution is 2.31. The van der Waals surface area contributed by atoms with Crippen LogP contribution in [0.2, 0.25) is 0 Å². The summed E-state index contributed by atoms with van der Waals surface area (Å²) in [4.78, 5) is 14.3. The molecule has 1 aromatic carbocycles. The second-order valence-electron chi connectivity index (χ2n) is 6.41. The number of carbonyl (C=O) groups excluding carboxylic acids is 1. The Morgan fingerprint density at radius 1 is 1.42 bits per heavy atom. The van der Waals surface area contributed by atoms with Gasteiger partial charge in [0, 0.05) is 12.6 Å². The van der Waals surface area contributed by atoms with Crippen LogP contribution in [0.4, 0.5) is 8.78 Å². The number of benzene rings is 1. The molecule has 4 nitrogen and oxygen atoms in total. The Balaban J connectivity index is 0.00000288. The lowest BCUT2D eigenvalue weighted by molar-refractivity contribution is -0.124. The van der Waals surface area contributed by atoms with Crippen LogP contribution in [0.5, 0.6) is 0 Å². The molecule has 1 amide bonds. The van der Waals surface area contributed by atoms with Crippen LogP contribution in [0.3, 0.4) is 0 Å². The van der Waals surface area contributed by atoms with Crippen molar-refractivity contribution in [1.29, 1.82) is 0 Å². The molecule has 0 aliphatic carbocycles. The molecular formula is C17H26ClF2N3O. The number of carbonyl (C=O) groups is 1. The number of likely N-dealkylation sites (tertiary alicyclic amines) is 1. The minimum absolute atomic E-state index is 0. The van der Waals surface area contributed by atoms with E-state index in [9.17, 15) is 13.6 Å². The first-order valence-electron chi connectivity index (χ1n) is 8.06. The van der Waals surface area contributed by atoms with Gasteiger partial charge in [-0.2, -0.15) is 0 Å². The fraction of sp³-hybridized carbons (Fsp3) is 0.588. The van der Waals surface area contributed by atoms with E-state index in [1.165, 1.54) is 6.07 Å². The third-order valence-electron chi connectivity index (χ3n) is 4.82. The second-order valence-corrected chi connectivity index (χ2v) is 6.41. The van der Waals surface area contributed by atoms with Crippen LogP contribution in [0, 0.1) is 17.6 Å². The van der Waals surface area contributed by atoms with Crippen molar-refractivity contribution in [3.8, 4) is 0 Å². The number of nitrogens with two attached hydrogens (primary N) is 1. The number of hydrogen-bond acceptors (Lipinski definition) is 3. The van der Waals surface area contributed by atoms with E-state index in [2.05, 4.69) is 5.32 Å². The molecule has 3 N–H and O–H groups in total. The summed E-state index contributed by atoms with van der Waals surface area (Å²) in [7, 11) is 1.91. The Morgan fingerprint density at radius 3 is 2.67 bits per heavy atom. The Labute approximate surface area is 148 Å². The largest absolute Gasteiger partial charge is 0.350 e. The van der Waals surface area contributed by atoms with Gasteiger partial charge in [0.1, 0.15) is 0 Å². The van der Waals surface area contributed by atoms with Crippen molar-refractivity contribution in [2.45, 2.75) is 44.8 Å². The molecule has 0 radical (unpaired) electrons. The van der Waals surface area contributed by atoms with Crippen LogP contribution < -0.4 is 11.1 Å². The maximum absolute atomic E-state index is 13.5. The molecule has 136 valence electrons. The number of likely N-dealkylation sites (N-methyl/N-ethyl adjacent to an activating group) is 1. The first-order chi connectivity index (χ1) is 10.8. The number of halogens is 3. The lowest BCUT2D eigenvalue weighted by atomic mass is 9.96. The maximum atomic E-state index is 13.5. The van der Waals surface area contributed by atoms with Crippen LogP contribution in [0.1, 0.15) is 38.3 Å². The zero-order chi connectivity index (χ0) is 17.1. The quantitative estimate of drug-likeness (QED) is 0.847. The van der Waals surface area contributed by atoms with Crippen molar-refractivity contribution in [2.24, 2.45) is 11.7 Å². The number of nitrogens with zero attached hydrogens (tertiary/aromatic N) is 1.